The van der Waals surface area contributed by atoms with E-state index in [1.807, 2.05) is 27.7 Å². The van der Waals surface area contributed by atoms with Crippen molar-refractivity contribution < 1.29 is 18.0 Å². The van der Waals surface area contributed by atoms with E-state index in [2.05, 4.69) is 38.7 Å². The number of benzene rings is 1. The molecule has 0 bridgehead atoms. The SMILES string of the molecule is CC(C)NC(=O)Nc1ccc(/C(S)=C/N(C)NC(=O)NC(C)C)c(S(=O)(=O)NC(C)(C)C)c1. The molecule has 0 aromatic heterocycles. The number of carbonyl (C=O) groups is 2. The van der Waals surface area contributed by atoms with Gasteiger partial charge in [0.2, 0.25) is 10.0 Å². The fourth-order valence-corrected chi connectivity index (χ4v) is 4.77. The number of thiol groups is 1. The number of sulfonamides is 1. The van der Waals surface area contributed by atoms with Crippen molar-refractivity contribution in [3.63, 3.8) is 0 Å². The maximum atomic E-state index is 13.2. The quantitative estimate of drug-likeness (QED) is 0.241. The summed E-state index contributed by atoms with van der Waals surface area (Å²) in [5, 5.41) is 9.39. The summed E-state index contributed by atoms with van der Waals surface area (Å²) >= 11 is 4.47. The number of nitrogens with one attached hydrogen (secondary N) is 5. The Bertz CT molecular complexity index is 985. The van der Waals surface area contributed by atoms with E-state index in [-0.39, 0.29) is 21.9 Å². The standard InChI is InChI=1S/C21H36N6O4S2/c1-13(2)22-19(28)24-15-9-10-16(18(11-15)33(30,31)26-21(5,6)7)17(32)12-27(8)25-20(29)23-14(3)4/h9-14,26,32H,1-8H3,(H2,22,24,28)(H2,23,25,29)/b17-12-. The van der Waals surface area contributed by atoms with Crippen LogP contribution in [0.3, 0.4) is 0 Å². The van der Waals surface area contributed by atoms with E-state index >= 15 is 0 Å². The molecule has 4 amide bonds. The average molecular weight is 501 g/mol. The predicted octanol–water partition coefficient (Wildman–Crippen LogP) is 3.08. The number of hydrogen-bond donors (Lipinski definition) is 6. The van der Waals surface area contributed by atoms with Gasteiger partial charge in [0.1, 0.15) is 0 Å². The summed E-state index contributed by atoms with van der Waals surface area (Å²) in [5.41, 5.74) is 2.45. The largest absolute Gasteiger partial charge is 0.336 e. The van der Waals surface area contributed by atoms with Gasteiger partial charge in [0.05, 0.1) is 4.90 Å². The van der Waals surface area contributed by atoms with Crippen LogP contribution in [0.4, 0.5) is 15.3 Å². The zero-order chi connectivity index (χ0) is 25.6. The second kappa shape index (κ2) is 11.6. The van der Waals surface area contributed by atoms with Crippen LogP contribution in [0.1, 0.15) is 54.0 Å². The lowest BCUT2D eigenvalue weighted by atomic mass is 10.1. The molecule has 1 aromatic carbocycles. The molecule has 0 aliphatic carbocycles. The first-order chi connectivity index (χ1) is 15.0. The number of anilines is 1. The number of urea groups is 2. The Balaban J connectivity index is 3.37. The van der Waals surface area contributed by atoms with Gasteiger partial charge in [0.15, 0.2) is 0 Å². The third-order valence-corrected chi connectivity index (χ3v) is 5.83. The monoisotopic (exact) mass is 500 g/mol. The minimum Gasteiger partial charge on any atom is -0.336 e. The van der Waals surface area contributed by atoms with Gasteiger partial charge in [-0.1, -0.05) is 6.07 Å². The number of amides is 4. The molecule has 186 valence electrons. The smallest absolute Gasteiger partial charge is 0.333 e. The predicted molar refractivity (Wildman–Crippen MR) is 135 cm³/mol. The molecule has 0 fully saturated rings. The Kier molecular flexibility index (Phi) is 10.1. The van der Waals surface area contributed by atoms with Gasteiger partial charge in [-0.3, -0.25) is 5.01 Å². The second-order valence-electron chi connectivity index (χ2n) is 9.18. The number of carbonyl (C=O) groups excluding carboxylic acids is 2. The third kappa shape index (κ3) is 10.4. The first kappa shape index (κ1) is 28.6. The van der Waals surface area contributed by atoms with E-state index in [4.69, 9.17) is 0 Å². The zero-order valence-corrected chi connectivity index (χ0v) is 22.1. The van der Waals surface area contributed by atoms with Crippen molar-refractivity contribution in [1.82, 2.24) is 25.8 Å². The van der Waals surface area contributed by atoms with Crippen LogP contribution in [0.2, 0.25) is 0 Å². The molecule has 0 aliphatic heterocycles. The summed E-state index contributed by atoms with van der Waals surface area (Å²) in [5.74, 6) is 0. The van der Waals surface area contributed by atoms with Gasteiger partial charge in [0.25, 0.3) is 0 Å². The zero-order valence-electron chi connectivity index (χ0n) is 20.4. The molecule has 0 saturated carbocycles. The molecular formula is C21H36N6O4S2. The molecule has 5 N–H and O–H groups in total. The van der Waals surface area contributed by atoms with E-state index < -0.39 is 27.6 Å². The van der Waals surface area contributed by atoms with E-state index in [0.717, 1.165) is 0 Å². The number of hydrazine groups is 1. The molecule has 1 rings (SSSR count). The molecule has 10 nitrogen and oxygen atoms in total. The van der Waals surface area contributed by atoms with Crippen LogP contribution < -0.4 is 26.1 Å². The molecule has 0 heterocycles. The van der Waals surface area contributed by atoms with Crippen LogP contribution in [0, 0.1) is 0 Å². The van der Waals surface area contributed by atoms with Crippen LogP contribution in [0.25, 0.3) is 4.91 Å². The first-order valence-corrected chi connectivity index (χ1v) is 12.4. The Morgan fingerprint density at radius 3 is 2.09 bits per heavy atom. The van der Waals surface area contributed by atoms with Crippen LogP contribution >= 0.6 is 12.6 Å². The van der Waals surface area contributed by atoms with Crippen LogP contribution in [0.15, 0.2) is 29.3 Å². The highest BCUT2D eigenvalue weighted by molar-refractivity contribution is 7.91. The summed E-state index contributed by atoms with van der Waals surface area (Å²) < 4.78 is 29.0. The van der Waals surface area contributed by atoms with Crippen molar-refractivity contribution >= 4 is 45.3 Å². The molecular weight excluding hydrogens is 464 g/mol. The minimum atomic E-state index is -3.98. The van der Waals surface area contributed by atoms with E-state index in [1.54, 1.807) is 40.0 Å². The number of hydrogen-bond acceptors (Lipinski definition) is 6. The highest BCUT2D eigenvalue weighted by atomic mass is 32.2. The average Bonchev–Trinajstić information content (AvgIpc) is 2.57. The second-order valence-corrected chi connectivity index (χ2v) is 11.3. The highest BCUT2D eigenvalue weighted by Gasteiger charge is 2.26. The fourth-order valence-electron chi connectivity index (χ4n) is 2.66. The maximum Gasteiger partial charge on any atom is 0.333 e. The number of nitrogens with zero attached hydrogens (tertiary/aromatic N) is 1. The van der Waals surface area contributed by atoms with Gasteiger partial charge in [-0.15, -0.1) is 12.6 Å². The normalized spacial score (nSPS) is 12.5. The summed E-state index contributed by atoms with van der Waals surface area (Å²) in [4.78, 5) is 24.2. The van der Waals surface area contributed by atoms with Crippen LogP contribution in [-0.2, 0) is 10.0 Å². The summed E-state index contributed by atoms with van der Waals surface area (Å²) in [6.45, 7) is 12.5. The molecule has 0 radical (unpaired) electrons. The molecule has 0 aliphatic rings. The van der Waals surface area contributed by atoms with Gasteiger partial charge >= 0.3 is 12.1 Å². The summed E-state index contributed by atoms with van der Waals surface area (Å²) in [7, 11) is -2.39. The number of rotatable bonds is 8. The molecule has 1 aromatic rings. The lowest BCUT2D eigenvalue weighted by Gasteiger charge is -2.23. The summed E-state index contributed by atoms with van der Waals surface area (Å²) in [6.07, 6.45) is 1.48. The molecule has 0 spiro atoms. The Hall–Kier alpha value is -2.44. The van der Waals surface area contributed by atoms with Crippen molar-refractivity contribution in [1.29, 1.82) is 0 Å². The van der Waals surface area contributed by atoms with Crippen molar-refractivity contribution in [2.45, 2.75) is 71.0 Å². The highest BCUT2D eigenvalue weighted by Crippen LogP contribution is 2.30. The van der Waals surface area contributed by atoms with Crippen molar-refractivity contribution in [3.05, 3.63) is 30.0 Å². The molecule has 0 atom stereocenters. The van der Waals surface area contributed by atoms with Crippen LogP contribution in [-0.4, -0.2) is 50.2 Å². The van der Waals surface area contributed by atoms with E-state index in [0.29, 0.717) is 11.3 Å². The van der Waals surface area contributed by atoms with Gasteiger partial charge < -0.3 is 16.0 Å². The molecule has 33 heavy (non-hydrogen) atoms. The van der Waals surface area contributed by atoms with Gasteiger partial charge in [-0.05, 0) is 60.6 Å². The van der Waals surface area contributed by atoms with E-state index in [9.17, 15) is 18.0 Å². The van der Waals surface area contributed by atoms with Gasteiger partial charge in [-0.2, -0.15) is 0 Å². The van der Waals surface area contributed by atoms with Gasteiger partial charge in [-0.25, -0.2) is 28.2 Å². The van der Waals surface area contributed by atoms with Gasteiger partial charge in [0, 0.05) is 47.0 Å². The molecule has 12 heteroatoms. The van der Waals surface area contributed by atoms with Crippen molar-refractivity contribution in [3.8, 4) is 0 Å². The first-order valence-electron chi connectivity index (χ1n) is 10.5. The van der Waals surface area contributed by atoms with Crippen LogP contribution in [0.5, 0.6) is 0 Å². The molecule has 0 saturated heterocycles. The Morgan fingerprint density at radius 1 is 1.03 bits per heavy atom. The summed E-state index contributed by atoms with van der Waals surface area (Å²) in [6, 6.07) is 3.49. The lowest BCUT2D eigenvalue weighted by molar-refractivity contribution is 0.217. The minimum absolute atomic E-state index is 0.0500. The Morgan fingerprint density at radius 2 is 1.58 bits per heavy atom. The fraction of sp³-hybridized carbons (Fsp3) is 0.524. The topological polar surface area (TPSA) is 132 Å². The third-order valence-electron chi connectivity index (χ3n) is 3.68. The van der Waals surface area contributed by atoms with Crippen molar-refractivity contribution in [2.75, 3.05) is 12.4 Å². The maximum absolute atomic E-state index is 13.2. The lowest BCUT2D eigenvalue weighted by Crippen LogP contribution is -2.45. The molecule has 0 unspecified atom stereocenters. The van der Waals surface area contributed by atoms with Crippen molar-refractivity contribution in [2.24, 2.45) is 0 Å². The Labute approximate surface area is 202 Å². The van der Waals surface area contributed by atoms with E-state index in [1.165, 1.54) is 17.3 Å².